The molecule has 6 heteroatoms. The average Bonchev–Trinajstić information content (AvgIpc) is 3.13. The number of aryl methyl sites for hydroxylation is 1. The van der Waals surface area contributed by atoms with Crippen molar-refractivity contribution in [3.8, 4) is 0 Å². The zero-order valence-corrected chi connectivity index (χ0v) is 13.1. The summed E-state index contributed by atoms with van der Waals surface area (Å²) in [6, 6.07) is 0. The molecule has 2 atom stereocenters. The van der Waals surface area contributed by atoms with Crippen molar-refractivity contribution in [2.45, 2.75) is 26.2 Å². The van der Waals surface area contributed by atoms with E-state index in [1.807, 2.05) is 0 Å². The molecule has 1 aromatic rings. The average molecular weight is 308 g/mol. The number of thiophene rings is 1. The quantitative estimate of drug-likeness (QED) is 0.836. The number of amides is 1. The van der Waals surface area contributed by atoms with Gasteiger partial charge in [0, 0.05) is 11.4 Å². The summed E-state index contributed by atoms with van der Waals surface area (Å²) in [5, 5.41) is 6.86. The third-order valence-corrected chi connectivity index (χ3v) is 5.61. The van der Waals surface area contributed by atoms with Gasteiger partial charge in [0.25, 0.3) is 0 Å². The largest absolute Gasteiger partial charge is 0.465 e. The van der Waals surface area contributed by atoms with E-state index in [0.29, 0.717) is 23.0 Å². The molecule has 0 radical (unpaired) electrons. The lowest BCUT2D eigenvalue weighted by molar-refractivity contribution is -0.120. The minimum absolute atomic E-state index is 0.00224. The number of carbonyl (C=O) groups excluding carboxylic acids is 2. The first-order valence-corrected chi connectivity index (χ1v) is 8.18. The van der Waals surface area contributed by atoms with Gasteiger partial charge in [-0.3, -0.25) is 4.79 Å². The number of carbonyl (C=O) groups is 2. The van der Waals surface area contributed by atoms with Crippen molar-refractivity contribution in [1.29, 1.82) is 0 Å². The van der Waals surface area contributed by atoms with Gasteiger partial charge in [-0.1, -0.05) is 6.92 Å². The third-order valence-electron chi connectivity index (χ3n) is 4.40. The summed E-state index contributed by atoms with van der Waals surface area (Å²) in [6.07, 6.45) is 2.96. The van der Waals surface area contributed by atoms with Gasteiger partial charge in [-0.2, -0.15) is 0 Å². The molecule has 0 aromatic carbocycles. The lowest BCUT2D eigenvalue weighted by Gasteiger charge is -2.14. The Kier molecular flexibility index (Phi) is 3.99. The van der Waals surface area contributed by atoms with Crippen molar-refractivity contribution < 1.29 is 14.3 Å². The summed E-state index contributed by atoms with van der Waals surface area (Å²) >= 11 is 1.53. The topological polar surface area (TPSA) is 67.4 Å². The van der Waals surface area contributed by atoms with Crippen molar-refractivity contribution in [2.75, 3.05) is 25.5 Å². The molecule has 1 aliphatic carbocycles. The Bertz CT molecular complexity index is 582. The second-order valence-corrected chi connectivity index (χ2v) is 6.89. The fourth-order valence-electron chi connectivity index (χ4n) is 3.18. The lowest BCUT2D eigenvalue weighted by Crippen LogP contribution is -2.28. The lowest BCUT2D eigenvalue weighted by atomic mass is 9.97. The number of methoxy groups -OCH3 is 1. The summed E-state index contributed by atoms with van der Waals surface area (Å²) in [6.45, 7) is 3.63. The highest BCUT2D eigenvalue weighted by molar-refractivity contribution is 7.17. The molecule has 5 nitrogen and oxygen atoms in total. The molecule has 21 heavy (non-hydrogen) atoms. The second-order valence-electron chi connectivity index (χ2n) is 5.78. The Morgan fingerprint density at radius 2 is 2.14 bits per heavy atom. The van der Waals surface area contributed by atoms with Crippen molar-refractivity contribution in [3.63, 3.8) is 0 Å². The van der Waals surface area contributed by atoms with Crippen LogP contribution in [0.15, 0.2) is 0 Å². The molecule has 2 unspecified atom stereocenters. The van der Waals surface area contributed by atoms with Crippen LogP contribution in [0.2, 0.25) is 0 Å². The van der Waals surface area contributed by atoms with Gasteiger partial charge in [-0.15, -0.1) is 11.3 Å². The second kappa shape index (κ2) is 5.77. The molecule has 2 N–H and O–H groups in total. The smallest absolute Gasteiger partial charge is 0.341 e. The standard InChI is InChI=1S/C15H20N2O3S/c1-8-6-16-7-10(8)13(18)17-14-12(15(19)20-2)9-4-3-5-11(9)21-14/h8,10,16H,3-7H2,1-2H3,(H,17,18). The predicted molar refractivity (Wildman–Crippen MR) is 81.8 cm³/mol. The Morgan fingerprint density at radius 1 is 1.33 bits per heavy atom. The van der Waals surface area contributed by atoms with Crippen molar-refractivity contribution in [1.82, 2.24) is 5.32 Å². The molecule has 2 heterocycles. The fourth-order valence-corrected chi connectivity index (χ4v) is 4.46. The zero-order valence-electron chi connectivity index (χ0n) is 12.3. The molecular weight excluding hydrogens is 288 g/mol. The van der Waals surface area contributed by atoms with Gasteiger partial charge in [0.15, 0.2) is 0 Å². The Morgan fingerprint density at radius 3 is 2.81 bits per heavy atom. The molecule has 3 rings (SSSR count). The molecule has 1 aliphatic heterocycles. The van der Waals surface area contributed by atoms with Gasteiger partial charge in [0.2, 0.25) is 5.91 Å². The first-order valence-electron chi connectivity index (χ1n) is 7.36. The fraction of sp³-hybridized carbons (Fsp3) is 0.600. The predicted octanol–water partition coefficient (Wildman–Crippen LogP) is 1.82. The van der Waals surface area contributed by atoms with Gasteiger partial charge < -0.3 is 15.4 Å². The molecule has 0 bridgehead atoms. The van der Waals surface area contributed by atoms with E-state index < -0.39 is 0 Å². The number of hydrogen-bond donors (Lipinski definition) is 2. The molecule has 0 saturated carbocycles. The van der Waals surface area contributed by atoms with E-state index >= 15 is 0 Å². The van der Waals surface area contributed by atoms with E-state index in [1.54, 1.807) is 0 Å². The van der Waals surface area contributed by atoms with E-state index in [4.69, 9.17) is 4.74 Å². The maximum absolute atomic E-state index is 12.4. The number of rotatable bonds is 3. The highest BCUT2D eigenvalue weighted by Crippen LogP contribution is 2.39. The van der Waals surface area contributed by atoms with Crippen LogP contribution in [0.1, 0.15) is 34.1 Å². The number of nitrogens with one attached hydrogen (secondary N) is 2. The van der Waals surface area contributed by atoms with Gasteiger partial charge in [0.1, 0.15) is 5.00 Å². The van der Waals surface area contributed by atoms with Crippen molar-refractivity contribution in [2.24, 2.45) is 11.8 Å². The van der Waals surface area contributed by atoms with Crippen LogP contribution < -0.4 is 10.6 Å². The number of hydrogen-bond acceptors (Lipinski definition) is 5. The molecular formula is C15H20N2O3S. The molecule has 1 aromatic heterocycles. The van der Waals surface area contributed by atoms with Gasteiger partial charge in [-0.25, -0.2) is 4.79 Å². The summed E-state index contributed by atoms with van der Waals surface area (Å²) in [5.41, 5.74) is 1.64. The minimum Gasteiger partial charge on any atom is -0.465 e. The van der Waals surface area contributed by atoms with Crippen LogP contribution in [0, 0.1) is 11.8 Å². The van der Waals surface area contributed by atoms with E-state index in [9.17, 15) is 9.59 Å². The normalized spacial score (nSPS) is 23.9. The number of anilines is 1. The first-order chi connectivity index (χ1) is 10.1. The van der Waals surface area contributed by atoms with Crippen molar-refractivity contribution >= 4 is 28.2 Å². The maximum Gasteiger partial charge on any atom is 0.341 e. The van der Waals surface area contributed by atoms with Crippen LogP contribution in [0.3, 0.4) is 0 Å². The van der Waals surface area contributed by atoms with E-state index in [1.165, 1.54) is 23.3 Å². The van der Waals surface area contributed by atoms with E-state index in [-0.39, 0.29) is 17.8 Å². The van der Waals surface area contributed by atoms with Crippen LogP contribution in [-0.2, 0) is 22.4 Å². The van der Waals surface area contributed by atoms with Gasteiger partial charge >= 0.3 is 5.97 Å². The van der Waals surface area contributed by atoms with Crippen LogP contribution in [0.25, 0.3) is 0 Å². The third kappa shape index (κ3) is 2.58. The monoisotopic (exact) mass is 308 g/mol. The van der Waals surface area contributed by atoms with Crippen LogP contribution >= 0.6 is 11.3 Å². The van der Waals surface area contributed by atoms with Gasteiger partial charge in [0.05, 0.1) is 18.6 Å². The Hall–Kier alpha value is -1.40. The molecule has 1 saturated heterocycles. The number of fused-ring (bicyclic) bond motifs is 1. The highest BCUT2D eigenvalue weighted by Gasteiger charge is 2.32. The van der Waals surface area contributed by atoms with Crippen LogP contribution in [0.5, 0.6) is 0 Å². The maximum atomic E-state index is 12.4. The molecule has 0 spiro atoms. The minimum atomic E-state index is -0.345. The summed E-state index contributed by atoms with van der Waals surface area (Å²) in [7, 11) is 1.38. The summed E-state index contributed by atoms with van der Waals surface area (Å²) in [4.78, 5) is 25.7. The molecule has 114 valence electrons. The molecule has 1 fully saturated rings. The Labute approximate surface area is 128 Å². The van der Waals surface area contributed by atoms with Crippen LogP contribution in [-0.4, -0.2) is 32.1 Å². The van der Waals surface area contributed by atoms with E-state index in [2.05, 4.69) is 17.6 Å². The first kappa shape index (κ1) is 14.5. The van der Waals surface area contributed by atoms with Crippen molar-refractivity contribution in [3.05, 3.63) is 16.0 Å². The number of ether oxygens (including phenoxy) is 1. The zero-order chi connectivity index (χ0) is 15.0. The summed E-state index contributed by atoms with van der Waals surface area (Å²) in [5.74, 6) is -0.0642. The highest BCUT2D eigenvalue weighted by atomic mass is 32.1. The number of esters is 1. The van der Waals surface area contributed by atoms with E-state index in [0.717, 1.165) is 31.4 Å². The molecule has 1 amide bonds. The summed E-state index contributed by atoms with van der Waals surface area (Å²) < 4.78 is 4.89. The SMILES string of the molecule is COC(=O)c1c(NC(=O)C2CNCC2C)sc2c1CCC2. The Balaban J connectivity index is 1.85. The molecule has 2 aliphatic rings. The van der Waals surface area contributed by atoms with Crippen LogP contribution in [0.4, 0.5) is 5.00 Å². The van der Waals surface area contributed by atoms with Gasteiger partial charge in [-0.05, 0) is 37.3 Å².